The summed E-state index contributed by atoms with van der Waals surface area (Å²) in [4.78, 5) is 2.31. The molecule has 2 rings (SSSR count). The number of hydrogen-bond donors (Lipinski definition) is 2. The molecule has 20 heavy (non-hydrogen) atoms. The van der Waals surface area contributed by atoms with Crippen LogP contribution in [0.1, 0.15) is 39.2 Å². The first-order valence-electron chi connectivity index (χ1n) is 7.31. The molecule has 0 spiro atoms. The lowest BCUT2D eigenvalue weighted by atomic mass is 10.1. The molecule has 0 unspecified atom stereocenters. The zero-order valence-corrected chi connectivity index (χ0v) is 14.2. The van der Waals surface area contributed by atoms with E-state index in [9.17, 15) is 5.11 Å². The summed E-state index contributed by atoms with van der Waals surface area (Å²) in [5.74, 6) is 0. The minimum Gasteiger partial charge on any atom is -0.395 e. The van der Waals surface area contributed by atoms with Gasteiger partial charge in [0, 0.05) is 34.8 Å². The number of nitrogens with zero attached hydrogens (tertiary/aromatic N) is 1. The lowest BCUT2D eigenvalue weighted by molar-refractivity contribution is 0.301. The molecule has 1 aliphatic carbocycles. The highest BCUT2D eigenvalue weighted by molar-refractivity contribution is 9.10. The molecule has 0 radical (unpaired) electrons. The molecule has 1 saturated carbocycles. The number of hydrogen-bond acceptors (Lipinski definition) is 3. The van der Waals surface area contributed by atoms with E-state index < -0.39 is 0 Å². The van der Waals surface area contributed by atoms with E-state index >= 15 is 0 Å². The third kappa shape index (κ3) is 4.47. The van der Waals surface area contributed by atoms with Crippen molar-refractivity contribution in [1.82, 2.24) is 5.32 Å². The van der Waals surface area contributed by atoms with Gasteiger partial charge in [-0.1, -0.05) is 22.0 Å². The Kier molecular flexibility index (Phi) is 5.10. The monoisotopic (exact) mass is 340 g/mol. The van der Waals surface area contributed by atoms with Crippen LogP contribution in [0.3, 0.4) is 0 Å². The number of anilines is 1. The van der Waals surface area contributed by atoms with E-state index in [1.54, 1.807) is 0 Å². The molecule has 1 aromatic carbocycles. The Morgan fingerprint density at radius 1 is 1.35 bits per heavy atom. The minimum absolute atomic E-state index is 0.120. The molecule has 3 nitrogen and oxygen atoms in total. The highest BCUT2D eigenvalue weighted by Gasteiger charge is 2.29. The van der Waals surface area contributed by atoms with Crippen LogP contribution in [0.15, 0.2) is 22.7 Å². The quantitative estimate of drug-likeness (QED) is 0.833. The lowest BCUT2D eigenvalue weighted by Gasteiger charge is -2.25. The van der Waals surface area contributed by atoms with Gasteiger partial charge in [-0.3, -0.25) is 0 Å². The van der Waals surface area contributed by atoms with Crippen molar-refractivity contribution in [3.05, 3.63) is 28.2 Å². The first kappa shape index (κ1) is 15.8. The molecule has 2 N–H and O–H groups in total. The van der Waals surface area contributed by atoms with Crippen molar-refractivity contribution in [2.45, 2.75) is 51.7 Å². The Balaban J connectivity index is 2.08. The summed E-state index contributed by atoms with van der Waals surface area (Å²) in [6.07, 6.45) is 2.48. The van der Waals surface area contributed by atoms with Crippen LogP contribution in [0.2, 0.25) is 0 Å². The minimum atomic E-state index is 0.120. The van der Waals surface area contributed by atoms with E-state index in [0.29, 0.717) is 6.04 Å². The summed E-state index contributed by atoms with van der Waals surface area (Å²) in [5.41, 5.74) is 2.59. The van der Waals surface area contributed by atoms with Gasteiger partial charge in [0.1, 0.15) is 0 Å². The fraction of sp³-hybridized carbons (Fsp3) is 0.625. The molecule has 4 heteroatoms. The normalized spacial score (nSPS) is 15.4. The summed E-state index contributed by atoms with van der Waals surface area (Å²) < 4.78 is 1.13. The Hall–Kier alpha value is -0.580. The molecule has 112 valence electrons. The standard InChI is InChI=1S/C16H25BrN2O/c1-16(2,3)18-11-12-4-5-14(10-15(12)17)19(8-9-20)13-6-7-13/h4-5,10,13,18,20H,6-9,11H2,1-3H3. The maximum absolute atomic E-state index is 9.21. The molecule has 0 atom stereocenters. The first-order valence-corrected chi connectivity index (χ1v) is 8.11. The van der Waals surface area contributed by atoms with Gasteiger partial charge < -0.3 is 15.3 Å². The van der Waals surface area contributed by atoms with Crippen molar-refractivity contribution < 1.29 is 5.11 Å². The molecule has 0 heterocycles. The average Bonchev–Trinajstić information content (AvgIpc) is 3.17. The third-order valence-electron chi connectivity index (χ3n) is 3.51. The van der Waals surface area contributed by atoms with Crippen molar-refractivity contribution in [2.24, 2.45) is 0 Å². The fourth-order valence-electron chi connectivity index (χ4n) is 2.24. The Labute approximate surface area is 130 Å². The van der Waals surface area contributed by atoms with E-state index in [1.165, 1.54) is 24.1 Å². The van der Waals surface area contributed by atoms with Crippen molar-refractivity contribution in [3.8, 4) is 0 Å². The van der Waals surface area contributed by atoms with E-state index in [4.69, 9.17) is 0 Å². The van der Waals surface area contributed by atoms with Crippen LogP contribution in [-0.4, -0.2) is 29.8 Å². The Bertz CT molecular complexity index is 452. The Morgan fingerprint density at radius 2 is 2.05 bits per heavy atom. The van der Waals surface area contributed by atoms with Gasteiger partial charge in [-0.2, -0.15) is 0 Å². The molecule has 0 saturated heterocycles. The second-order valence-corrected chi connectivity index (χ2v) is 7.38. The SMILES string of the molecule is CC(C)(C)NCc1ccc(N(CCO)C2CC2)cc1Br. The number of halogens is 1. The zero-order chi connectivity index (χ0) is 14.8. The van der Waals surface area contributed by atoms with Gasteiger partial charge in [-0.05, 0) is 51.3 Å². The lowest BCUT2D eigenvalue weighted by Crippen LogP contribution is -2.35. The highest BCUT2D eigenvalue weighted by Crippen LogP contribution is 2.33. The predicted molar refractivity (Wildman–Crippen MR) is 88.2 cm³/mol. The van der Waals surface area contributed by atoms with Crippen LogP contribution in [0.5, 0.6) is 0 Å². The number of rotatable bonds is 6. The van der Waals surface area contributed by atoms with Crippen molar-refractivity contribution in [2.75, 3.05) is 18.1 Å². The number of aliphatic hydroxyl groups is 1. The summed E-state index contributed by atoms with van der Waals surface area (Å²) in [6.45, 7) is 8.30. The zero-order valence-electron chi connectivity index (χ0n) is 12.6. The van der Waals surface area contributed by atoms with E-state index in [0.717, 1.165) is 17.6 Å². The van der Waals surface area contributed by atoms with Crippen LogP contribution in [0.25, 0.3) is 0 Å². The van der Waals surface area contributed by atoms with Crippen molar-refractivity contribution in [1.29, 1.82) is 0 Å². The van der Waals surface area contributed by atoms with Gasteiger partial charge in [0.2, 0.25) is 0 Å². The second-order valence-electron chi connectivity index (χ2n) is 6.53. The molecule has 0 aliphatic heterocycles. The molecule has 1 aromatic rings. The van der Waals surface area contributed by atoms with E-state index in [-0.39, 0.29) is 12.1 Å². The third-order valence-corrected chi connectivity index (χ3v) is 4.24. The maximum atomic E-state index is 9.21. The average molecular weight is 341 g/mol. The topological polar surface area (TPSA) is 35.5 Å². The maximum Gasteiger partial charge on any atom is 0.0606 e. The van der Waals surface area contributed by atoms with E-state index in [2.05, 4.69) is 65.1 Å². The molecule has 0 bridgehead atoms. The molecule has 1 fully saturated rings. The Morgan fingerprint density at radius 3 is 2.55 bits per heavy atom. The molecule has 0 aromatic heterocycles. The van der Waals surface area contributed by atoms with E-state index in [1.807, 2.05) is 0 Å². The summed E-state index contributed by atoms with van der Waals surface area (Å²) in [7, 11) is 0. The van der Waals surface area contributed by atoms with Crippen LogP contribution in [0, 0.1) is 0 Å². The van der Waals surface area contributed by atoms with Gasteiger partial charge in [0.05, 0.1) is 6.61 Å². The van der Waals surface area contributed by atoms with Gasteiger partial charge in [0.25, 0.3) is 0 Å². The highest BCUT2D eigenvalue weighted by atomic mass is 79.9. The van der Waals surface area contributed by atoms with Crippen LogP contribution in [-0.2, 0) is 6.54 Å². The fourth-order valence-corrected chi connectivity index (χ4v) is 2.74. The van der Waals surface area contributed by atoms with Crippen LogP contribution < -0.4 is 10.2 Å². The van der Waals surface area contributed by atoms with Gasteiger partial charge >= 0.3 is 0 Å². The van der Waals surface area contributed by atoms with Gasteiger partial charge in [-0.15, -0.1) is 0 Å². The van der Waals surface area contributed by atoms with Gasteiger partial charge in [0.15, 0.2) is 0 Å². The van der Waals surface area contributed by atoms with Crippen molar-refractivity contribution >= 4 is 21.6 Å². The molecule has 1 aliphatic rings. The molecular formula is C16H25BrN2O. The predicted octanol–water partition coefficient (Wildman–Crippen LogP) is 3.30. The van der Waals surface area contributed by atoms with Crippen molar-refractivity contribution in [3.63, 3.8) is 0 Å². The first-order chi connectivity index (χ1) is 9.40. The summed E-state index contributed by atoms with van der Waals surface area (Å²) in [5, 5.41) is 12.7. The summed E-state index contributed by atoms with van der Waals surface area (Å²) in [6, 6.07) is 7.13. The largest absolute Gasteiger partial charge is 0.395 e. The van der Waals surface area contributed by atoms with Crippen LogP contribution in [0.4, 0.5) is 5.69 Å². The van der Waals surface area contributed by atoms with Crippen LogP contribution >= 0.6 is 15.9 Å². The van der Waals surface area contributed by atoms with Gasteiger partial charge in [-0.25, -0.2) is 0 Å². The number of nitrogens with one attached hydrogen (secondary N) is 1. The molecule has 0 amide bonds. The molecular weight excluding hydrogens is 316 g/mol. The number of aliphatic hydroxyl groups excluding tert-OH is 1. The summed E-state index contributed by atoms with van der Waals surface area (Å²) >= 11 is 3.67. The smallest absolute Gasteiger partial charge is 0.0606 e. The number of benzene rings is 1. The second kappa shape index (κ2) is 6.46.